The fourth-order valence-corrected chi connectivity index (χ4v) is 6.11. The van der Waals surface area contributed by atoms with Gasteiger partial charge in [0, 0.05) is 44.6 Å². The molecule has 168 valence electrons. The minimum atomic E-state index is -3.32. The van der Waals surface area contributed by atoms with Crippen molar-refractivity contribution in [1.82, 2.24) is 19.2 Å². The van der Waals surface area contributed by atoms with Gasteiger partial charge in [-0.15, -0.1) is 0 Å². The second-order valence-electron chi connectivity index (χ2n) is 8.70. The maximum atomic E-state index is 13.0. The van der Waals surface area contributed by atoms with Crippen LogP contribution in [0.5, 0.6) is 0 Å². The third kappa shape index (κ3) is 5.25. The number of likely N-dealkylation sites (N-methyl/N-ethyl adjacent to an activating group) is 1. The van der Waals surface area contributed by atoms with Crippen molar-refractivity contribution in [2.75, 3.05) is 44.8 Å². The molecule has 0 saturated carbocycles. The van der Waals surface area contributed by atoms with Crippen molar-refractivity contribution >= 4 is 15.8 Å². The zero-order valence-corrected chi connectivity index (χ0v) is 19.4. The normalized spacial score (nSPS) is 20.4. The molecule has 2 aliphatic heterocycles. The molecule has 3 heterocycles. The summed E-state index contributed by atoms with van der Waals surface area (Å²) in [6.45, 7) is 2.94. The summed E-state index contributed by atoms with van der Waals surface area (Å²) in [6, 6.07) is 10.0. The van der Waals surface area contributed by atoms with Crippen LogP contribution < -0.4 is 5.32 Å². The first-order valence-corrected chi connectivity index (χ1v) is 12.8. The highest BCUT2D eigenvalue weighted by Gasteiger charge is 2.31. The minimum Gasteiger partial charge on any atom is -0.373 e. The van der Waals surface area contributed by atoms with Crippen molar-refractivity contribution in [2.45, 2.75) is 44.6 Å². The second-order valence-corrected chi connectivity index (χ2v) is 10.8. The Kier molecular flexibility index (Phi) is 6.89. The first-order valence-electron chi connectivity index (χ1n) is 11.2. The number of nitrogens with one attached hydrogen (secondary N) is 1. The minimum absolute atomic E-state index is 0.166. The average molecular weight is 444 g/mol. The Bertz CT molecular complexity index is 979. The summed E-state index contributed by atoms with van der Waals surface area (Å²) in [7, 11) is 0.681. The molecule has 8 heteroatoms. The molecule has 0 amide bonds. The van der Waals surface area contributed by atoms with Crippen LogP contribution in [0.1, 0.15) is 47.8 Å². The van der Waals surface area contributed by atoms with Crippen LogP contribution >= 0.6 is 0 Å². The Balaban J connectivity index is 1.46. The summed E-state index contributed by atoms with van der Waals surface area (Å²) in [5.74, 6) is 2.18. The van der Waals surface area contributed by atoms with Crippen LogP contribution in [0.3, 0.4) is 0 Å². The number of rotatable bonds is 7. The van der Waals surface area contributed by atoms with E-state index in [-0.39, 0.29) is 5.75 Å². The van der Waals surface area contributed by atoms with E-state index in [1.807, 2.05) is 37.4 Å². The number of nitrogens with zero attached hydrogens (tertiary/aromatic N) is 4. The Labute approximate surface area is 185 Å². The van der Waals surface area contributed by atoms with Gasteiger partial charge in [-0.3, -0.25) is 0 Å². The third-order valence-electron chi connectivity index (χ3n) is 6.37. The zero-order valence-electron chi connectivity index (χ0n) is 18.5. The lowest BCUT2D eigenvalue weighted by Crippen LogP contribution is -2.39. The number of likely N-dealkylation sites (tertiary alicyclic amines) is 1. The van der Waals surface area contributed by atoms with E-state index in [1.165, 1.54) is 5.56 Å². The van der Waals surface area contributed by atoms with E-state index < -0.39 is 10.0 Å². The highest BCUT2D eigenvalue weighted by atomic mass is 32.2. The highest BCUT2D eigenvalue weighted by Crippen LogP contribution is 2.30. The largest absolute Gasteiger partial charge is 0.373 e. The van der Waals surface area contributed by atoms with Gasteiger partial charge in [-0.25, -0.2) is 18.4 Å². The summed E-state index contributed by atoms with van der Waals surface area (Å²) < 4.78 is 27.6. The van der Waals surface area contributed by atoms with Crippen molar-refractivity contribution in [2.24, 2.45) is 0 Å². The number of fused-ring (bicyclic) bond motifs is 1. The van der Waals surface area contributed by atoms with Crippen LogP contribution in [0, 0.1) is 0 Å². The van der Waals surface area contributed by atoms with Gasteiger partial charge >= 0.3 is 0 Å². The molecule has 1 atom stereocenters. The number of aromatic nitrogens is 2. The molecule has 2 aliphatic rings. The number of hydrogen-bond donors (Lipinski definition) is 1. The molecule has 1 N–H and O–H groups in total. The van der Waals surface area contributed by atoms with Crippen LogP contribution in [0.25, 0.3) is 0 Å². The van der Waals surface area contributed by atoms with Crippen LogP contribution in [0.15, 0.2) is 30.3 Å². The number of aryl methyl sites for hydroxylation is 1. The average Bonchev–Trinajstić information content (AvgIpc) is 2.78. The van der Waals surface area contributed by atoms with Gasteiger partial charge in [-0.2, -0.15) is 4.31 Å². The molecule has 0 spiro atoms. The van der Waals surface area contributed by atoms with Crippen molar-refractivity contribution in [3.8, 4) is 0 Å². The van der Waals surface area contributed by atoms with Crippen LogP contribution in [-0.2, 0) is 29.4 Å². The highest BCUT2D eigenvalue weighted by molar-refractivity contribution is 7.89. The monoisotopic (exact) mass is 443 g/mol. The molecule has 1 aromatic heterocycles. The molecule has 0 radical (unpaired) electrons. The van der Waals surface area contributed by atoms with E-state index in [1.54, 1.807) is 4.31 Å². The lowest BCUT2D eigenvalue weighted by Gasteiger charge is -2.32. The molecule has 1 saturated heterocycles. The number of benzene rings is 1. The molecule has 1 fully saturated rings. The van der Waals surface area contributed by atoms with Crippen molar-refractivity contribution < 1.29 is 8.42 Å². The van der Waals surface area contributed by atoms with E-state index >= 15 is 0 Å². The second kappa shape index (κ2) is 9.63. The van der Waals surface area contributed by atoms with E-state index in [2.05, 4.69) is 17.3 Å². The Hall–Kier alpha value is -2.03. The maximum Gasteiger partial charge on any atom is 0.214 e. The van der Waals surface area contributed by atoms with Crippen molar-refractivity contribution in [3.63, 3.8) is 0 Å². The lowest BCUT2D eigenvalue weighted by atomic mass is 9.97. The molecule has 2 aromatic rings. The topological polar surface area (TPSA) is 78.4 Å². The fourth-order valence-electron chi connectivity index (χ4n) is 4.64. The number of sulfonamides is 1. The molecular weight excluding hydrogens is 410 g/mol. The number of anilines is 1. The summed E-state index contributed by atoms with van der Waals surface area (Å²) in [5.41, 5.74) is 3.10. The quantitative estimate of drug-likeness (QED) is 0.709. The molecule has 31 heavy (non-hydrogen) atoms. The van der Waals surface area contributed by atoms with Gasteiger partial charge < -0.3 is 10.2 Å². The van der Waals surface area contributed by atoms with Gasteiger partial charge in [0.15, 0.2) is 0 Å². The standard InChI is InChI=1S/C23H33N5O2S/c1-24-23-20-17-28(31(29,30)15-7-10-18-8-4-3-5-9-18)14-12-21(20)25-22(26-23)19-11-6-13-27(2)16-19/h3-5,8-9,19H,6-7,10-17H2,1-2H3,(H,24,25,26)/t19-/m1/s1. The predicted octanol–water partition coefficient (Wildman–Crippen LogP) is 2.65. The van der Waals surface area contributed by atoms with Gasteiger partial charge in [0.25, 0.3) is 0 Å². The van der Waals surface area contributed by atoms with E-state index in [9.17, 15) is 8.42 Å². The van der Waals surface area contributed by atoms with Gasteiger partial charge in [0.1, 0.15) is 11.6 Å². The van der Waals surface area contributed by atoms with Crippen LogP contribution in [0.4, 0.5) is 5.82 Å². The Morgan fingerprint density at radius 2 is 1.97 bits per heavy atom. The summed E-state index contributed by atoms with van der Waals surface area (Å²) >= 11 is 0. The smallest absolute Gasteiger partial charge is 0.214 e. The van der Waals surface area contributed by atoms with Gasteiger partial charge in [-0.1, -0.05) is 30.3 Å². The number of hydrogen-bond acceptors (Lipinski definition) is 6. The van der Waals surface area contributed by atoms with E-state index in [0.717, 1.165) is 55.3 Å². The first-order chi connectivity index (χ1) is 15.0. The summed E-state index contributed by atoms with van der Waals surface area (Å²) in [4.78, 5) is 12.0. The molecule has 7 nitrogen and oxygen atoms in total. The fraction of sp³-hybridized carbons (Fsp3) is 0.565. The third-order valence-corrected chi connectivity index (χ3v) is 8.28. The van der Waals surface area contributed by atoms with Crippen LogP contribution in [0.2, 0.25) is 0 Å². The predicted molar refractivity (Wildman–Crippen MR) is 124 cm³/mol. The first kappa shape index (κ1) is 22.2. The van der Waals surface area contributed by atoms with Gasteiger partial charge in [0.05, 0.1) is 11.4 Å². The van der Waals surface area contributed by atoms with Crippen molar-refractivity contribution in [1.29, 1.82) is 0 Å². The van der Waals surface area contributed by atoms with E-state index in [0.29, 0.717) is 31.8 Å². The molecule has 0 unspecified atom stereocenters. The van der Waals surface area contributed by atoms with E-state index in [4.69, 9.17) is 9.97 Å². The SMILES string of the molecule is CNc1nc([C@@H]2CCCN(C)C2)nc2c1CN(S(=O)(=O)CCCc1ccccc1)CC2. The molecule has 0 bridgehead atoms. The summed E-state index contributed by atoms with van der Waals surface area (Å²) in [6.07, 6.45) is 4.30. The Morgan fingerprint density at radius 3 is 2.71 bits per heavy atom. The molecule has 0 aliphatic carbocycles. The van der Waals surface area contributed by atoms with Crippen LogP contribution in [-0.4, -0.2) is 67.1 Å². The molecule has 4 rings (SSSR count). The number of piperidine rings is 1. The Morgan fingerprint density at radius 1 is 1.16 bits per heavy atom. The summed E-state index contributed by atoms with van der Waals surface area (Å²) in [5, 5.41) is 3.20. The van der Waals surface area contributed by atoms with Crippen molar-refractivity contribution in [3.05, 3.63) is 53.0 Å². The van der Waals surface area contributed by atoms with Gasteiger partial charge in [-0.05, 0) is 44.8 Å². The lowest BCUT2D eigenvalue weighted by molar-refractivity contribution is 0.245. The maximum absolute atomic E-state index is 13.0. The van der Waals surface area contributed by atoms with Gasteiger partial charge in [0.2, 0.25) is 10.0 Å². The molecule has 1 aromatic carbocycles. The molecular formula is C23H33N5O2S. The zero-order chi connectivity index (χ0) is 21.8.